The predicted molar refractivity (Wildman–Crippen MR) is 39.9 cm³/mol. The first-order valence-electron chi connectivity index (χ1n) is 4.81. The maximum Gasteiger partial charge on any atom is 0.115 e. The maximum atomic E-state index is 11.9. The molecule has 4 bridgehead atoms. The van der Waals surface area contributed by atoms with E-state index in [2.05, 4.69) is 0 Å². The van der Waals surface area contributed by atoms with E-state index in [1.54, 1.807) is 0 Å². The average molecular weight is 153 g/mol. The zero-order chi connectivity index (χ0) is 7.47. The van der Waals surface area contributed by atoms with Gasteiger partial charge in [-0.3, -0.25) is 0 Å². The summed E-state index contributed by atoms with van der Waals surface area (Å²) in [4.78, 5) is 0. The van der Waals surface area contributed by atoms with E-state index in [9.17, 15) is 5.21 Å². The van der Waals surface area contributed by atoms with Crippen molar-refractivity contribution in [1.29, 1.82) is 0 Å². The van der Waals surface area contributed by atoms with Crippen LogP contribution in [0.25, 0.3) is 0 Å². The Morgan fingerprint density at radius 1 is 0.818 bits per heavy atom. The highest BCUT2D eigenvalue weighted by Gasteiger charge is 2.52. The SMILES string of the molecule is [O][N+]12CC3CC(CC(C3)C1)C2. The smallest absolute Gasteiger partial charge is 0.115 e. The van der Waals surface area contributed by atoms with Crippen molar-refractivity contribution >= 4 is 0 Å². The fraction of sp³-hybridized carbons (Fsp3) is 1.00. The zero-order valence-corrected chi connectivity index (χ0v) is 6.83. The van der Waals surface area contributed by atoms with Crippen molar-refractivity contribution < 1.29 is 9.85 Å². The standard InChI is InChI=1S/C9H15NO/c11-10-4-7-1-8(5-10)3-9(2-7)6-10/h7-9H,1-6H2/q+1. The van der Waals surface area contributed by atoms with Gasteiger partial charge in [0, 0.05) is 23.0 Å². The van der Waals surface area contributed by atoms with Crippen LogP contribution in [0.1, 0.15) is 19.3 Å². The molecule has 2 heteroatoms. The van der Waals surface area contributed by atoms with Crippen molar-refractivity contribution in [2.45, 2.75) is 19.3 Å². The zero-order valence-electron chi connectivity index (χ0n) is 6.83. The summed E-state index contributed by atoms with van der Waals surface area (Å²) in [6.07, 6.45) is 4.12. The molecule has 0 amide bonds. The molecule has 4 rings (SSSR count). The molecule has 1 aliphatic carbocycles. The third-order valence-electron chi connectivity index (χ3n) is 3.77. The van der Waals surface area contributed by atoms with Gasteiger partial charge < -0.3 is 0 Å². The molecule has 3 saturated heterocycles. The minimum atomic E-state index is 0.181. The van der Waals surface area contributed by atoms with Crippen LogP contribution in [0.4, 0.5) is 0 Å². The molecule has 3 heterocycles. The third-order valence-corrected chi connectivity index (χ3v) is 3.77. The molecule has 0 aromatic rings. The Labute approximate surface area is 67.4 Å². The van der Waals surface area contributed by atoms with E-state index < -0.39 is 0 Å². The van der Waals surface area contributed by atoms with Gasteiger partial charge in [-0.2, -0.15) is 0 Å². The first-order valence-corrected chi connectivity index (χ1v) is 4.81. The van der Waals surface area contributed by atoms with Gasteiger partial charge in [0.2, 0.25) is 0 Å². The van der Waals surface area contributed by atoms with Gasteiger partial charge in [-0.25, -0.2) is 0 Å². The third kappa shape index (κ3) is 0.859. The normalized spacial score (nSPS) is 60.3. The molecule has 2 nitrogen and oxygen atoms in total. The summed E-state index contributed by atoms with van der Waals surface area (Å²) in [5, 5.41) is 11.9. The second-order valence-corrected chi connectivity index (χ2v) is 4.91. The van der Waals surface area contributed by atoms with Crippen molar-refractivity contribution in [2.24, 2.45) is 17.8 Å². The highest BCUT2D eigenvalue weighted by atomic mass is 16.5. The number of rotatable bonds is 0. The van der Waals surface area contributed by atoms with Gasteiger partial charge in [0.15, 0.2) is 0 Å². The van der Waals surface area contributed by atoms with Gasteiger partial charge in [-0.15, -0.1) is 4.65 Å². The molecule has 1 saturated carbocycles. The van der Waals surface area contributed by atoms with Crippen molar-refractivity contribution in [2.75, 3.05) is 19.6 Å². The van der Waals surface area contributed by atoms with Crippen LogP contribution in [-0.2, 0) is 5.21 Å². The lowest BCUT2D eigenvalue weighted by Crippen LogP contribution is -2.63. The van der Waals surface area contributed by atoms with Crippen LogP contribution in [0.3, 0.4) is 0 Å². The van der Waals surface area contributed by atoms with Gasteiger partial charge in [0.1, 0.15) is 19.6 Å². The van der Waals surface area contributed by atoms with Gasteiger partial charge in [-0.05, 0) is 19.3 Å². The van der Waals surface area contributed by atoms with Crippen LogP contribution >= 0.6 is 0 Å². The number of quaternary nitrogens is 1. The van der Waals surface area contributed by atoms with Crippen LogP contribution in [0.2, 0.25) is 0 Å². The van der Waals surface area contributed by atoms with Gasteiger partial charge in [-0.1, -0.05) is 0 Å². The highest BCUT2D eigenvalue weighted by Crippen LogP contribution is 2.46. The molecule has 0 spiro atoms. The van der Waals surface area contributed by atoms with Crippen LogP contribution in [-0.4, -0.2) is 24.3 Å². The molecule has 0 unspecified atom stereocenters. The topological polar surface area (TPSA) is 19.9 Å². The maximum absolute atomic E-state index is 11.9. The molecule has 3 aliphatic heterocycles. The number of hydrogen-bond acceptors (Lipinski definition) is 0. The van der Waals surface area contributed by atoms with Gasteiger partial charge in [0.25, 0.3) is 0 Å². The molecule has 1 radical (unpaired) electrons. The molecule has 0 aromatic carbocycles. The lowest BCUT2D eigenvalue weighted by Gasteiger charge is -2.51. The van der Waals surface area contributed by atoms with Gasteiger partial charge in [0.05, 0.1) is 0 Å². The fourth-order valence-electron chi connectivity index (χ4n) is 3.79. The molecule has 0 N–H and O–H groups in total. The summed E-state index contributed by atoms with van der Waals surface area (Å²) in [5.74, 6) is 2.41. The number of piperidine rings is 3. The first kappa shape index (κ1) is 6.44. The Bertz CT molecular complexity index is 155. The van der Waals surface area contributed by atoms with Crippen molar-refractivity contribution in [3.05, 3.63) is 0 Å². The summed E-state index contributed by atoms with van der Waals surface area (Å²) in [5.41, 5.74) is 0. The lowest BCUT2D eigenvalue weighted by atomic mass is 9.68. The summed E-state index contributed by atoms with van der Waals surface area (Å²) in [6, 6.07) is 0. The van der Waals surface area contributed by atoms with Crippen molar-refractivity contribution in [1.82, 2.24) is 0 Å². The van der Waals surface area contributed by atoms with E-state index in [0.29, 0.717) is 0 Å². The molecule has 0 aromatic heterocycles. The quantitative estimate of drug-likeness (QED) is 0.466. The molecule has 4 fully saturated rings. The number of hydroxylamine groups is 3. The van der Waals surface area contributed by atoms with Crippen LogP contribution < -0.4 is 0 Å². The minimum absolute atomic E-state index is 0.181. The van der Waals surface area contributed by atoms with Gasteiger partial charge >= 0.3 is 0 Å². The Hall–Kier alpha value is -0.0800. The predicted octanol–water partition coefficient (Wildman–Crippen LogP) is 1.21. The van der Waals surface area contributed by atoms with Crippen LogP contribution in [0, 0.1) is 17.8 Å². The van der Waals surface area contributed by atoms with Crippen molar-refractivity contribution in [3.63, 3.8) is 0 Å². The number of nitrogens with zero attached hydrogens (tertiary/aromatic N) is 1. The molecule has 0 atom stereocenters. The fourth-order valence-corrected chi connectivity index (χ4v) is 3.79. The molecule has 11 heavy (non-hydrogen) atoms. The molecular weight excluding hydrogens is 138 g/mol. The van der Waals surface area contributed by atoms with E-state index in [1.165, 1.54) is 19.3 Å². The van der Waals surface area contributed by atoms with E-state index >= 15 is 0 Å². The molecule has 4 aliphatic rings. The highest BCUT2D eigenvalue weighted by molar-refractivity contribution is 4.86. The Morgan fingerprint density at radius 3 is 1.45 bits per heavy atom. The summed E-state index contributed by atoms with van der Waals surface area (Å²) in [7, 11) is 0. The van der Waals surface area contributed by atoms with E-state index in [-0.39, 0.29) is 4.65 Å². The lowest BCUT2D eigenvalue weighted by molar-refractivity contribution is -1.14. The molecule has 61 valence electrons. The van der Waals surface area contributed by atoms with Crippen LogP contribution in [0.5, 0.6) is 0 Å². The van der Waals surface area contributed by atoms with E-state index in [0.717, 1.165) is 37.4 Å². The summed E-state index contributed by atoms with van der Waals surface area (Å²) in [6.45, 7) is 2.85. The second kappa shape index (κ2) is 1.80. The Morgan fingerprint density at radius 2 is 1.18 bits per heavy atom. The number of hydrogen-bond donors (Lipinski definition) is 0. The summed E-state index contributed by atoms with van der Waals surface area (Å²) < 4.78 is 0.181. The Balaban J connectivity index is 1.94. The molecular formula is C9H15NO+. The van der Waals surface area contributed by atoms with Crippen LogP contribution in [0.15, 0.2) is 0 Å². The first-order chi connectivity index (χ1) is 5.23. The monoisotopic (exact) mass is 153 g/mol. The largest absolute Gasteiger partial charge is 0.141 e. The second-order valence-electron chi connectivity index (χ2n) is 4.91. The van der Waals surface area contributed by atoms with Crippen molar-refractivity contribution in [3.8, 4) is 0 Å². The van der Waals surface area contributed by atoms with E-state index in [1.807, 2.05) is 0 Å². The average Bonchev–Trinajstić information content (AvgIpc) is 1.79. The Kier molecular flexibility index (Phi) is 1.06. The summed E-state index contributed by atoms with van der Waals surface area (Å²) >= 11 is 0. The van der Waals surface area contributed by atoms with E-state index in [4.69, 9.17) is 0 Å². The minimum Gasteiger partial charge on any atom is -0.141 e.